The van der Waals surface area contributed by atoms with Crippen molar-refractivity contribution >= 4 is 0 Å². The predicted molar refractivity (Wildman–Crippen MR) is 78.6 cm³/mol. The van der Waals surface area contributed by atoms with Gasteiger partial charge < -0.3 is 10.5 Å². The Bertz CT molecular complexity index is 618. The maximum atomic E-state index is 6.18. The summed E-state index contributed by atoms with van der Waals surface area (Å²) in [5.74, 6) is 0.969. The molecule has 1 aromatic carbocycles. The summed E-state index contributed by atoms with van der Waals surface area (Å²) in [6, 6.07) is 8.41. The fourth-order valence-electron chi connectivity index (χ4n) is 2.94. The standard InChI is InChI=1S/C16H21N3O/c1-11-9-12(19(2)18-11)10-20-16-8-4-5-13-14(16)6-3-7-15(13)17/h4-5,8-9,15H,3,6-7,10,17H2,1-2H3. The van der Waals surface area contributed by atoms with Crippen molar-refractivity contribution in [2.24, 2.45) is 12.8 Å². The van der Waals surface area contributed by atoms with E-state index < -0.39 is 0 Å². The molecule has 0 radical (unpaired) electrons. The molecule has 2 aromatic rings. The van der Waals surface area contributed by atoms with Gasteiger partial charge in [-0.2, -0.15) is 5.10 Å². The van der Waals surface area contributed by atoms with Gasteiger partial charge in [0.25, 0.3) is 0 Å². The highest BCUT2D eigenvalue weighted by Gasteiger charge is 2.20. The summed E-state index contributed by atoms with van der Waals surface area (Å²) in [7, 11) is 1.95. The molecule has 0 aliphatic heterocycles. The lowest BCUT2D eigenvalue weighted by Gasteiger charge is -2.24. The molecular formula is C16H21N3O. The number of ether oxygens (including phenoxy) is 1. The number of hydrogen-bond donors (Lipinski definition) is 1. The zero-order valence-corrected chi connectivity index (χ0v) is 12.1. The Labute approximate surface area is 119 Å². The number of rotatable bonds is 3. The van der Waals surface area contributed by atoms with Gasteiger partial charge >= 0.3 is 0 Å². The average molecular weight is 271 g/mol. The molecule has 0 bridgehead atoms. The highest BCUT2D eigenvalue weighted by atomic mass is 16.5. The van der Waals surface area contributed by atoms with Crippen LogP contribution >= 0.6 is 0 Å². The van der Waals surface area contributed by atoms with Gasteiger partial charge in [-0.15, -0.1) is 0 Å². The highest BCUT2D eigenvalue weighted by molar-refractivity contribution is 5.43. The van der Waals surface area contributed by atoms with Crippen LogP contribution in [0.15, 0.2) is 24.3 Å². The summed E-state index contributed by atoms with van der Waals surface area (Å²) in [4.78, 5) is 0. The van der Waals surface area contributed by atoms with Gasteiger partial charge in [0.2, 0.25) is 0 Å². The lowest BCUT2D eigenvalue weighted by atomic mass is 9.87. The minimum atomic E-state index is 0.154. The summed E-state index contributed by atoms with van der Waals surface area (Å²) in [5, 5.41) is 4.34. The van der Waals surface area contributed by atoms with Crippen molar-refractivity contribution in [1.82, 2.24) is 9.78 Å². The molecule has 4 heteroatoms. The van der Waals surface area contributed by atoms with E-state index in [1.165, 1.54) is 11.1 Å². The van der Waals surface area contributed by atoms with Gasteiger partial charge in [0.05, 0.1) is 11.4 Å². The van der Waals surface area contributed by atoms with Crippen LogP contribution in [0.5, 0.6) is 5.75 Å². The predicted octanol–water partition coefficient (Wildman–Crippen LogP) is 2.64. The SMILES string of the molecule is Cc1cc(COc2cccc3c2CCCC3N)n(C)n1. The molecule has 3 rings (SSSR count). The van der Waals surface area contributed by atoms with Gasteiger partial charge in [0, 0.05) is 13.1 Å². The number of fused-ring (bicyclic) bond motifs is 1. The van der Waals surface area contributed by atoms with E-state index in [1.54, 1.807) is 0 Å². The highest BCUT2D eigenvalue weighted by Crippen LogP contribution is 2.34. The van der Waals surface area contributed by atoms with Crippen LogP contribution in [0, 0.1) is 6.92 Å². The normalized spacial score (nSPS) is 17.9. The quantitative estimate of drug-likeness (QED) is 0.933. The largest absolute Gasteiger partial charge is 0.487 e. The second kappa shape index (κ2) is 5.29. The Kier molecular flexibility index (Phi) is 3.49. The monoisotopic (exact) mass is 271 g/mol. The molecule has 20 heavy (non-hydrogen) atoms. The first-order chi connectivity index (χ1) is 9.65. The van der Waals surface area contributed by atoms with Crippen LogP contribution < -0.4 is 10.5 Å². The molecule has 1 atom stereocenters. The van der Waals surface area contributed by atoms with Crippen LogP contribution in [0.4, 0.5) is 0 Å². The molecule has 1 aromatic heterocycles. The smallest absolute Gasteiger partial charge is 0.130 e. The van der Waals surface area contributed by atoms with Crippen LogP contribution in [0.3, 0.4) is 0 Å². The van der Waals surface area contributed by atoms with Crippen LogP contribution in [0.2, 0.25) is 0 Å². The van der Waals surface area contributed by atoms with Gasteiger partial charge in [-0.05, 0) is 49.4 Å². The zero-order chi connectivity index (χ0) is 14.1. The third-order valence-electron chi connectivity index (χ3n) is 3.99. The summed E-state index contributed by atoms with van der Waals surface area (Å²) in [6.45, 7) is 2.54. The van der Waals surface area contributed by atoms with Gasteiger partial charge in [-0.25, -0.2) is 0 Å². The second-order valence-corrected chi connectivity index (χ2v) is 5.51. The Morgan fingerprint density at radius 1 is 1.45 bits per heavy atom. The molecule has 1 aliphatic carbocycles. The van der Waals surface area contributed by atoms with E-state index >= 15 is 0 Å². The Balaban J connectivity index is 1.81. The van der Waals surface area contributed by atoms with E-state index in [9.17, 15) is 0 Å². The van der Waals surface area contributed by atoms with Crippen molar-refractivity contribution in [2.75, 3.05) is 0 Å². The van der Waals surface area contributed by atoms with E-state index in [2.05, 4.69) is 17.2 Å². The molecule has 1 unspecified atom stereocenters. The lowest BCUT2D eigenvalue weighted by Crippen LogP contribution is -2.18. The number of aromatic nitrogens is 2. The Morgan fingerprint density at radius 2 is 2.30 bits per heavy atom. The molecule has 4 nitrogen and oxygen atoms in total. The van der Waals surface area contributed by atoms with Crippen molar-refractivity contribution in [1.29, 1.82) is 0 Å². The molecule has 106 valence electrons. The first-order valence-corrected chi connectivity index (χ1v) is 7.15. The van der Waals surface area contributed by atoms with Gasteiger partial charge in [0.1, 0.15) is 12.4 Å². The first-order valence-electron chi connectivity index (χ1n) is 7.15. The fourth-order valence-corrected chi connectivity index (χ4v) is 2.94. The summed E-state index contributed by atoms with van der Waals surface area (Å²) < 4.78 is 7.89. The Morgan fingerprint density at radius 3 is 3.05 bits per heavy atom. The maximum absolute atomic E-state index is 6.18. The van der Waals surface area contributed by atoms with E-state index in [0.29, 0.717) is 6.61 Å². The van der Waals surface area contributed by atoms with E-state index in [0.717, 1.165) is 36.4 Å². The maximum Gasteiger partial charge on any atom is 0.130 e. The zero-order valence-electron chi connectivity index (χ0n) is 12.1. The minimum absolute atomic E-state index is 0.154. The topological polar surface area (TPSA) is 53.1 Å². The van der Waals surface area contributed by atoms with E-state index in [1.807, 2.05) is 30.8 Å². The third-order valence-corrected chi connectivity index (χ3v) is 3.99. The fraction of sp³-hybridized carbons (Fsp3) is 0.438. The van der Waals surface area contributed by atoms with Crippen molar-refractivity contribution in [3.05, 3.63) is 46.8 Å². The molecule has 0 saturated heterocycles. The van der Waals surface area contributed by atoms with Gasteiger partial charge in [-0.3, -0.25) is 4.68 Å². The molecule has 1 aliphatic rings. The van der Waals surface area contributed by atoms with Crippen molar-refractivity contribution in [2.45, 2.75) is 38.8 Å². The van der Waals surface area contributed by atoms with Crippen LogP contribution in [-0.2, 0) is 20.1 Å². The summed E-state index contributed by atoms with van der Waals surface area (Å²) in [6.07, 6.45) is 3.26. The van der Waals surface area contributed by atoms with Crippen molar-refractivity contribution in [3.63, 3.8) is 0 Å². The minimum Gasteiger partial charge on any atom is -0.487 e. The average Bonchev–Trinajstić information content (AvgIpc) is 2.75. The molecule has 0 amide bonds. The van der Waals surface area contributed by atoms with E-state index in [-0.39, 0.29) is 6.04 Å². The van der Waals surface area contributed by atoms with Crippen LogP contribution in [-0.4, -0.2) is 9.78 Å². The van der Waals surface area contributed by atoms with Crippen LogP contribution in [0.25, 0.3) is 0 Å². The molecule has 0 spiro atoms. The Hall–Kier alpha value is -1.81. The molecule has 1 heterocycles. The summed E-state index contributed by atoms with van der Waals surface area (Å²) in [5.41, 5.74) is 10.8. The first kappa shape index (κ1) is 13.2. The molecule has 0 saturated carbocycles. The second-order valence-electron chi connectivity index (χ2n) is 5.51. The van der Waals surface area contributed by atoms with E-state index in [4.69, 9.17) is 10.5 Å². The number of hydrogen-bond acceptors (Lipinski definition) is 3. The van der Waals surface area contributed by atoms with Crippen molar-refractivity contribution in [3.8, 4) is 5.75 Å². The van der Waals surface area contributed by atoms with Gasteiger partial charge in [-0.1, -0.05) is 12.1 Å². The third kappa shape index (κ3) is 2.43. The molecular weight excluding hydrogens is 250 g/mol. The number of nitrogens with zero attached hydrogens (tertiary/aromatic N) is 2. The number of benzene rings is 1. The number of aryl methyl sites for hydroxylation is 2. The van der Waals surface area contributed by atoms with Crippen molar-refractivity contribution < 1.29 is 4.74 Å². The number of nitrogens with two attached hydrogens (primary N) is 1. The molecule has 2 N–H and O–H groups in total. The molecule has 0 fully saturated rings. The van der Waals surface area contributed by atoms with Crippen LogP contribution in [0.1, 0.15) is 41.4 Å². The lowest BCUT2D eigenvalue weighted by molar-refractivity contribution is 0.289. The summed E-state index contributed by atoms with van der Waals surface area (Å²) >= 11 is 0. The van der Waals surface area contributed by atoms with Gasteiger partial charge in [0.15, 0.2) is 0 Å².